The summed E-state index contributed by atoms with van der Waals surface area (Å²) in [5.74, 6) is 1.56. The maximum absolute atomic E-state index is 11.0. The molecule has 0 bridgehead atoms. The predicted molar refractivity (Wildman–Crippen MR) is 96.6 cm³/mol. The number of carboxylic acid groups (broad SMARTS) is 1. The first-order valence-corrected chi connectivity index (χ1v) is 8.23. The van der Waals surface area contributed by atoms with Crippen molar-refractivity contribution in [1.29, 1.82) is 5.26 Å². The number of nitrogens with one attached hydrogen (secondary N) is 1. The lowest BCUT2D eigenvalue weighted by molar-refractivity contribution is 0.198. The topological polar surface area (TPSA) is 98.0 Å². The first-order chi connectivity index (χ1) is 12.6. The zero-order valence-electron chi connectivity index (χ0n) is 14.3. The van der Waals surface area contributed by atoms with Crippen LogP contribution in [-0.4, -0.2) is 28.6 Å². The van der Waals surface area contributed by atoms with Gasteiger partial charge in [-0.05, 0) is 42.8 Å². The SMILES string of the molecule is CCCN1Cc2cc(Oc3cccc(C#N)c3)ccc2N=C1NC(=O)O. The highest BCUT2D eigenvalue weighted by Gasteiger charge is 2.21. The van der Waals surface area contributed by atoms with E-state index in [0.29, 0.717) is 41.8 Å². The van der Waals surface area contributed by atoms with Gasteiger partial charge in [-0.2, -0.15) is 5.26 Å². The third-order valence-electron chi connectivity index (χ3n) is 3.85. The smallest absolute Gasteiger partial charge is 0.411 e. The van der Waals surface area contributed by atoms with Crippen LogP contribution in [-0.2, 0) is 6.54 Å². The Labute approximate surface area is 151 Å². The number of hydrogen-bond acceptors (Lipinski definition) is 5. The quantitative estimate of drug-likeness (QED) is 0.873. The van der Waals surface area contributed by atoms with Gasteiger partial charge in [0.25, 0.3) is 0 Å². The Hall–Kier alpha value is -3.53. The van der Waals surface area contributed by atoms with E-state index in [1.807, 2.05) is 17.9 Å². The number of amides is 1. The van der Waals surface area contributed by atoms with Crippen LogP contribution in [0.1, 0.15) is 24.5 Å². The molecule has 0 aromatic heterocycles. The molecular formula is C19H18N4O3. The fraction of sp³-hybridized carbons (Fsp3) is 0.211. The largest absolute Gasteiger partial charge is 0.465 e. The normalized spacial score (nSPS) is 12.6. The van der Waals surface area contributed by atoms with Gasteiger partial charge in [-0.15, -0.1) is 0 Å². The van der Waals surface area contributed by atoms with Gasteiger partial charge in [0.15, 0.2) is 0 Å². The van der Waals surface area contributed by atoms with Gasteiger partial charge in [0.1, 0.15) is 11.5 Å². The summed E-state index contributed by atoms with van der Waals surface area (Å²) >= 11 is 0. The minimum atomic E-state index is -1.13. The number of guanidine groups is 1. The van der Waals surface area contributed by atoms with Crippen molar-refractivity contribution in [2.75, 3.05) is 6.54 Å². The van der Waals surface area contributed by atoms with Crippen LogP contribution in [0.25, 0.3) is 0 Å². The number of hydrogen-bond donors (Lipinski definition) is 2. The van der Waals surface area contributed by atoms with Gasteiger partial charge in [-0.1, -0.05) is 13.0 Å². The molecule has 0 atom stereocenters. The summed E-state index contributed by atoms with van der Waals surface area (Å²) in [6.45, 7) is 3.25. The highest BCUT2D eigenvalue weighted by atomic mass is 16.5. The zero-order chi connectivity index (χ0) is 18.5. The summed E-state index contributed by atoms with van der Waals surface area (Å²) in [7, 11) is 0. The predicted octanol–water partition coefficient (Wildman–Crippen LogP) is 3.83. The number of ether oxygens (including phenoxy) is 1. The highest BCUT2D eigenvalue weighted by Crippen LogP contribution is 2.31. The fourth-order valence-corrected chi connectivity index (χ4v) is 2.75. The second-order valence-electron chi connectivity index (χ2n) is 5.82. The number of fused-ring (bicyclic) bond motifs is 1. The molecule has 3 rings (SSSR count). The second-order valence-corrected chi connectivity index (χ2v) is 5.82. The molecule has 1 amide bonds. The van der Waals surface area contributed by atoms with Crippen molar-refractivity contribution in [2.24, 2.45) is 4.99 Å². The average Bonchev–Trinajstić information content (AvgIpc) is 2.62. The summed E-state index contributed by atoms with van der Waals surface area (Å²) < 4.78 is 5.85. The number of carbonyl (C=O) groups is 1. The molecule has 0 unspecified atom stereocenters. The molecule has 0 aliphatic carbocycles. The van der Waals surface area contributed by atoms with E-state index in [4.69, 9.17) is 15.1 Å². The maximum atomic E-state index is 11.0. The van der Waals surface area contributed by atoms with E-state index >= 15 is 0 Å². The third kappa shape index (κ3) is 3.92. The van der Waals surface area contributed by atoms with E-state index in [0.717, 1.165) is 12.0 Å². The zero-order valence-corrected chi connectivity index (χ0v) is 14.3. The molecule has 0 saturated carbocycles. The van der Waals surface area contributed by atoms with E-state index in [1.54, 1.807) is 36.4 Å². The Morgan fingerprint density at radius 1 is 1.35 bits per heavy atom. The summed E-state index contributed by atoms with van der Waals surface area (Å²) in [5, 5.41) is 20.3. The minimum absolute atomic E-state index is 0.335. The molecule has 1 heterocycles. The molecule has 0 fully saturated rings. The Morgan fingerprint density at radius 3 is 2.88 bits per heavy atom. The Balaban J connectivity index is 1.86. The molecule has 26 heavy (non-hydrogen) atoms. The summed E-state index contributed by atoms with van der Waals surface area (Å²) in [5.41, 5.74) is 2.19. The molecule has 0 radical (unpaired) electrons. The van der Waals surface area contributed by atoms with Crippen LogP contribution in [0.2, 0.25) is 0 Å². The van der Waals surface area contributed by atoms with Crippen molar-refractivity contribution >= 4 is 17.7 Å². The standard InChI is InChI=1S/C19H18N4O3/c1-2-8-23-12-14-10-16(26-15-5-3-4-13(9-15)11-20)6-7-17(14)21-18(23)22-19(24)25/h3-7,9-10H,2,8,12H2,1H3,(H,21,22)(H,24,25). The number of nitrogens with zero attached hydrogens (tertiary/aromatic N) is 3. The van der Waals surface area contributed by atoms with E-state index in [1.165, 1.54) is 0 Å². The van der Waals surface area contributed by atoms with Gasteiger partial charge >= 0.3 is 6.09 Å². The van der Waals surface area contributed by atoms with E-state index in [9.17, 15) is 4.79 Å². The van der Waals surface area contributed by atoms with Gasteiger partial charge in [0.2, 0.25) is 5.96 Å². The molecule has 0 saturated heterocycles. The maximum Gasteiger partial charge on any atom is 0.411 e. The monoisotopic (exact) mass is 350 g/mol. The van der Waals surface area contributed by atoms with Gasteiger partial charge in [0.05, 0.1) is 17.3 Å². The van der Waals surface area contributed by atoms with Crippen LogP contribution in [0, 0.1) is 11.3 Å². The van der Waals surface area contributed by atoms with Crippen molar-refractivity contribution in [3.8, 4) is 17.6 Å². The van der Waals surface area contributed by atoms with E-state index in [-0.39, 0.29) is 0 Å². The molecular weight excluding hydrogens is 332 g/mol. The van der Waals surface area contributed by atoms with Crippen LogP contribution < -0.4 is 10.1 Å². The van der Waals surface area contributed by atoms with Gasteiger partial charge in [0, 0.05) is 18.7 Å². The first kappa shape index (κ1) is 17.3. The molecule has 7 heteroatoms. The van der Waals surface area contributed by atoms with Crippen LogP contribution in [0.4, 0.5) is 10.5 Å². The fourth-order valence-electron chi connectivity index (χ4n) is 2.75. The number of benzene rings is 2. The molecule has 1 aliphatic heterocycles. The lowest BCUT2D eigenvalue weighted by Gasteiger charge is -2.29. The van der Waals surface area contributed by atoms with Gasteiger partial charge < -0.3 is 14.7 Å². The number of aliphatic imine (C=N–C) groups is 1. The molecule has 2 aromatic rings. The summed E-state index contributed by atoms with van der Waals surface area (Å²) in [4.78, 5) is 17.3. The van der Waals surface area contributed by atoms with Crippen LogP contribution in [0.3, 0.4) is 0 Å². The number of nitriles is 1. The molecule has 2 N–H and O–H groups in total. The lowest BCUT2D eigenvalue weighted by Crippen LogP contribution is -2.44. The van der Waals surface area contributed by atoms with Gasteiger partial charge in [-0.25, -0.2) is 9.79 Å². The number of rotatable bonds is 4. The molecule has 132 valence electrons. The highest BCUT2D eigenvalue weighted by molar-refractivity contribution is 5.95. The second kappa shape index (κ2) is 7.57. The van der Waals surface area contributed by atoms with E-state index < -0.39 is 6.09 Å². The Kier molecular flexibility index (Phi) is 5.04. The summed E-state index contributed by atoms with van der Waals surface area (Å²) in [6.07, 6.45) is -0.266. The minimum Gasteiger partial charge on any atom is -0.465 e. The van der Waals surface area contributed by atoms with Crippen LogP contribution in [0.5, 0.6) is 11.5 Å². The van der Waals surface area contributed by atoms with Crippen molar-refractivity contribution in [1.82, 2.24) is 10.2 Å². The van der Waals surface area contributed by atoms with Crippen LogP contribution in [0.15, 0.2) is 47.5 Å². The first-order valence-electron chi connectivity index (χ1n) is 8.23. The van der Waals surface area contributed by atoms with E-state index in [2.05, 4.69) is 16.4 Å². The van der Waals surface area contributed by atoms with Crippen molar-refractivity contribution in [3.63, 3.8) is 0 Å². The summed E-state index contributed by atoms with van der Waals surface area (Å²) in [6, 6.07) is 14.5. The molecule has 7 nitrogen and oxygen atoms in total. The molecule has 2 aromatic carbocycles. The third-order valence-corrected chi connectivity index (χ3v) is 3.85. The van der Waals surface area contributed by atoms with Gasteiger partial charge in [-0.3, -0.25) is 5.32 Å². The molecule has 1 aliphatic rings. The van der Waals surface area contributed by atoms with Crippen molar-refractivity contribution in [2.45, 2.75) is 19.9 Å². The lowest BCUT2D eigenvalue weighted by atomic mass is 10.1. The average molecular weight is 350 g/mol. The Bertz CT molecular complexity index is 902. The van der Waals surface area contributed by atoms with Crippen molar-refractivity contribution in [3.05, 3.63) is 53.6 Å². The van der Waals surface area contributed by atoms with Crippen LogP contribution >= 0.6 is 0 Å². The molecule has 0 spiro atoms. The van der Waals surface area contributed by atoms with Crippen molar-refractivity contribution < 1.29 is 14.6 Å². The Morgan fingerprint density at radius 2 is 2.15 bits per heavy atom.